The van der Waals surface area contributed by atoms with Crippen LogP contribution in [-0.2, 0) is 0 Å². The lowest BCUT2D eigenvalue weighted by molar-refractivity contribution is 0.617. The zero-order valence-corrected chi connectivity index (χ0v) is 8.66. The lowest BCUT2D eigenvalue weighted by Crippen LogP contribution is -2.09. The molecule has 1 aromatic carbocycles. The molecule has 0 fully saturated rings. The highest BCUT2D eigenvalue weighted by Crippen LogP contribution is 2.28. The normalized spacial score (nSPS) is 13.0. The quantitative estimate of drug-likeness (QED) is 0.761. The second kappa shape index (κ2) is 4.27. The van der Waals surface area contributed by atoms with Gasteiger partial charge in [-0.15, -0.1) is 0 Å². The fourth-order valence-electron chi connectivity index (χ4n) is 1.04. The number of hydrogen-bond acceptors (Lipinski definition) is 1. The van der Waals surface area contributed by atoms with Crippen molar-refractivity contribution in [2.24, 2.45) is 5.73 Å². The van der Waals surface area contributed by atoms with E-state index in [2.05, 4.69) is 0 Å². The van der Waals surface area contributed by atoms with Crippen LogP contribution in [0.5, 0.6) is 0 Å². The van der Waals surface area contributed by atoms with Gasteiger partial charge in [-0.2, -0.15) is 0 Å². The van der Waals surface area contributed by atoms with Crippen LogP contribution in [0.3, 0.4) is 0 Å². The van der Waals surface area contributed by atoms with E-state index in [1.807, 2.05) is 6.92 Å². The van der Waals surface area contributed by atoms with Crippen LogP contribution in [-0.4, -0.2) is 0 Å². The van der Waals surface area contributed by atoms with Crippen molar-refractivity contribution in [3.8, 4) is 0 Å². The maximum Gasteiger partial charge on any atom is 0.142 e. The Balaban J connectivity index is 3.15. The Morgan fingerprint density at radius 1 is 1.38 bits per heavy atom. The molecule has 4 heteroatoms. The van der Waals surface area contributed by atoms with Gasteiger partial charge in [0.05, 0.1) is 5.02 Å². The zero-order chi connectivity index (χ0) is 10.0. The van der Waals surface area contributed by atoms with Crippen LogP contribution < -0.4 is 5.73 Å². The van der Waals surface area contributed by atoms with Crippen molar-refractivity contribution in [2.75, 3.05) is 0 Å². The van der Waals surface area contributed by atoms with Crippen molar-refractivity contribution >= 4 is 23.2 Å². The summed E-state index contributed by atoms with van der Waals surface area (Å²) in [5.41, 5.74) is 6.32. The molecule has 0 aromatic heterocycles. The van der Waals surface area contributed by atoms with E-state index in [1.165, 1.54) is 12.1 Å². The van der Waals surface area contributed by atoms with Crippen LogP contribution in [0, 0.1) is 5.82 Å². The third-order valence-electron chi connectivity index (χ3n) is 1.88. The number of hydrogen-bond donors (Lipinski definition) is 1. The van der Waals surface area contributed by atoms with Crippen molar-refractivity contribution in [1.29, 1.82) is 0 Å². The Labute approximate surface area is 86.6 Å². The molecule has 72 valence electrons. The summed E-state index contributed by atoms with van der Waals surface area (Å²) in [6, 6.07) is 2.43. The van der Waals surface area contributed by atoms with Gasteiger partial charge < -0.3 is 5.73 Å². The lowest BCUT2D eigenvalue weighted by atomic mass is 10.1. The van der Waals surface area contributed by atoms with Crippen LogP contribution in [0.4, 0.5) is 4.39 Å². The van der Waals surface area contributed by atoms with Crippen LogP contribution in [0.2, 0.25) is 10.0 Å². The van der Waals surface area contributed by atoms with E-state index in [1.54, 1.807) is 0 Å². The molecule has 0 radical (unpaired) electrons. The van der Waals surface area contributed by atoms with Gasteiger partial charge in [0.1, 0.15) is 5.82 Å². The van der Waals surface area contributed by atoms with Crippen LogP contribution >= 0.6 is 23.2 Å². The molecule has 0 aliphatic carbocycles. The molecule has 0 amide bonds. The van der Waals surface area contributed by atoms with Crippen molar-refractivity contribution in [3.05, 3.63) is 33.6 Å². The first kappa shape index (κ1) is 10.8. The second-order valence-corrected chi connectivity index (χ2v) is 3.62. The summed E-state index contributed by atoms with van der Waals surface area (Å²) in [7, 11) is 0. The molecule has 0 heterocycles. The summed E-state index contributed by atoms with van der Waals surface area (Å²) in [5, 5.41) is 0.442. The highest BCUT2D eigenvalue weighted by molar-refractivity contribution is 6.35. The van der Waals surface area contributed by atoms with Gasteiger partial charge in [-0.25, -0.2) is 4.39 Å². The van der Waals surface area contributed by atoms with E-state index in [-0.39, 0.29) is 11.1 Å². The monoisotopic (exact) mass is 221 g/mol. The fourth-order valence-corrected chi connectivity index (χ4v) is 1.57. The minimum Gasteiger partial charge on any atom is -0.324 e. The zero-order valence-electron chi connectivity index (χ0n) is 7.15. The molecule has 0 unspecified atom stereocenters. The number of rotatable bonds is 2. The smallest absolute Gasteiger partial charge is 0.142 e. The van der Waals surface area contributed by atoms with E-state index in [9.17, 15) is 4.39 Å². The summed E-state index contributed by atoms with van der Waals surface area (Å²) >= 11 is 11.4. The molecule has 1 atom stereocenters. The van der Waals surface area contributed by atoms with Gasteiger partial charge in [0.15, 0.2) is 0 Å². The van der Waals surface area contributed by atoms with Crippen LogP contribution in [0.1, 0.15) is 24.9 Å². The Kier molecular flexibility index (Phi) is 3.54. The third kappa shape index (κ3) is 2.33. The molecule has 0 bridgehead atoms. The van der Waals surface area contributed by atoms with E-state index in [4.69, 9.17) is 28.9 Å². The molecule has 0 saturated heterocycles. The summed E-state index contributed by atoms with van der Waals surface area (Å²) in [5.74, 6) is -0.482. The summed E-state index contributed by atoms with van der Waals surface area (Å²) < 4.78 is 13.0. The van der Waals surface area contributed by atoms with E-state index in [0.29, 0.717) is 17.0 Å². The molecule has 0 spiro atoms. The largest absolute Gasteiger partial charge is 0.324 e. The minimum absolute atomic E-state index is 0.0250. The van der Waals surface area contributed by atoms with E-state index < -0.39 is 5.82 Å². The van der Waals surface area contributed by atoms with E-state index >= 15 is 0 Å². The number of benzene rings is 1. The van der Waals surface area contributed by atoms with Gasteiger partial charge in [0.25, 0.3) is 0 Å². The van der Waals surface area contributed by atoms with Crippen molar-refractivity contribution in [3.63, 3.8) is 0 Å². The molecule has 1 aromatic rings. The molecule has 13 heavy (non-hydrogen) atoms. The van der Waals surface area contributed by atoms with Crippen molar-refractivity contribution in [1.82, 2.24) is 0 Å². The highest BCUT2D eigenvalue weighted by Gasteiger charge is 2.11. The predicted octanol–water partition coefficient (Wildman–Crippen LogP) is 3.54. The first-order valence-corrected chi connectivity index (χ1v) is 4.71. The Morgan fingerprint density at radius 2 is 2.00 bits per heavy atom. The van der Waals surface area contributed by atoms with E-state index in [0.717, 1.165) is 0 Å². The average Bonchev–Trinajstić information content (AvgIpc) is 2.10. The third-order valence-corrected chi connectivity index (χ3v) is 2.50. The molecular formula is C9H10Cl2FN. The van der Waals surface area contributed by atoms with Gasteiger partial charge in [-0.1, -0.05) is 30.1 Å². The summed E-state index contributed by atoms with van der Waals surface area (Å²) in [6.45, 7) is 1.91. The average molecular weight is 222 g/mol. The van der Waals surface area contributed by atoms with Gasteiger partial charge in [0.2, 0.25) is 0 Å². The molecule has 0 aliphatic heterocycles. The van der Waals surface area contributed by atoms with Crippen molar-refractivity contribution < 1.29 is 4.39 Å². The summed E-state index contributed by atoms with van der Waals surface area (Å²) in [6.07, 6.45) is 0.709. The Morgan fingerprint density at radius 3 is 2.54 bits per heavy atom. The standard InChI is InChI=1S/C9H10Cl2FN/c1-2-9(13)5-3-8(12)7(11)4-6(5)10/h3-4,9H,2,13H2,1H3/t9-/m1/s1. The first-order valence-electron chi connectivity index (χ1n) is 3.96. The second-order valence-electron chi connectivity index (χ2n) is 2.80. The maximum absolute atomic E-state index is 13.0. The highest BCUT2D eigenvalue weighted by atomic mass is 35.5. The molecule has 1 rings (SSSR count). The molecule has 0 saturated carbocycles. The topological polar surface area (TPSA) is 26.0 Å². The fraction of sp³-hybridized carbons (Fsp3) is 0.333. The van der Waals surface area contributed by atoms with Crippen molar-refractivity contribution in [2.45, 2.75) is 19.4 Å². The SMILES string of the molecule is CC[C@@H](N)c1cc(F)c(Cl)cc1Cl. The first-order chi connectivity index (χ1) is 6.06. The minimum atomic E-state index is -0.482. The summed E-state index contributed by atoms with van der Waals surface area (Å²) in [4.78, 5) is 0. The van der Waals surface area contributed by atoms with Gasteiger partial charge >= 0.3 is 0 Å². The van der Waals surface area contributed by atoms with Gasteiger partial charge in [0, 0.05) is 11.1 Å². The number of halogens is 3. The lowest BCUT2D eigenvalue weighted by Gasteiger charge is -2.11. The predicted molar refractivity (Wildman–Crippen MR) is 53.6 cm³/mol. The van der Waals surface area contributed by atoms with Crippen LogP contribution in [0.25, 0.3) is 0 Å². The maximum atomic E-state index is 13.0. The number of nitrogens with two attached hydrogens (primary N) is 1. The van der Waals surface area contributed by atoms with Gasteiger partial charge in [-0.05, 0) is 24.1 Å². The molecule has 1 nitrogen and oxygen atoms in total. The Bertz CT molecular complexity index is 315. The van der Waals surface area contributed by atoms with Crippen LogP contribution in [0.15, 0.2) is 12.1 Å². The molecule has 0 aliphatic rings. The van der Waals surface area contributed by atoms with Gasteiger partial charge in [-0.3, -0.25) is 0 Å². The molecular weight excluding hydrogens is 212 g/mol. The Hall–Kier alpha value is -0.310. The molecule has 2 N–H and O–H groups in total.